The van der Waals surface area contributed by atoms with Gasteiger partial charge in [-0.25, -0.2) is 9.97 Å². The summed E-state index contributed by atoms with van der Waals surface area (Å²) in [6.45, 7) is 4.09. The maximum Gasteiger partial charge on any atom is 0.165 e. The minimum atomic E-state index is 0.343. The van der Waals surface area contributed by atoms with Crippen LogP contribution in [0, 0.1) is 13.8 Å². The Balaban J connectivity index is 2.41. The lowest BCUT2D eigenvalue weighted by molar-refractivity contribution is 0.963. The fraction of sp³-hybridized carbons (Fsp3) is 0.200. The number of imidazole rings is 1. The van der Waals surface area contributed by atoms with Crippen molar-refractivity contribution >= 4 is 38.7 Å². The Hall–Kier alpha value is -1.39. The molecule has 0 saturated carbocycles. The smallest absolute Gasteiger partial charge is 0.165 e. The van der Waals surface area contributed by atoms with Gasteiger partial charge in [-0.15, -0.1) is 11.6 Å². The summed E-state index contributed by atoms with van der Waals surface area (Å²) in [5, 5.41) is 0. The Bertz CT molecular complexity index is 795. The maximum atomic E-state index is 6.07. The number of pyridine rings is 1. The van der Waals surface area contributed by atoms with Crippen LogP contribution in [-0.2, 0) is 5.88 Å². The number of aromatic nitrogens is 3. The van der Waals surface area contributed by atoms with E-state index >= 15 is 0 Å². The number of rotatable bonds is 2. The molecule has 0 spiro atoms. The van der Waals surface area contributed by atoms with Gasteiger partial charge in [0.2, 0.25) is 0 Å². The number of fused-ring (bicyclic) bond motifs is 1. The van der Waals surface area contributed by atoms with Crippen LogP contribution in [0.1, 0.15) is 17.0 Å². The zero-order chi connectivity index (χ0) is 14.3. The first-order valence-corrected chi connectivity index (χ1v) is 7.60. The molecule has 3 rings (SSSR count). The molecular weight excluding hydrogens is 338 g/mol. The molecule has 0 fully saturated rings. The first-order chi connectivity index (χ1) is 9.63. The van der Waals surface area contributed by atoms with Gasteiger partial charge in [0.15, 0.2) is 5.65 Å². The molecule has 1 aromatic carbocycles. The first kappa shape index (κ1) is 13.6. The van der Waals surface area contributed by atoms with Gasteiger partial charge in [0.25, 0.3) is 0 Å². The van der Waals surface area contributed by atoms with Crippen molar-refractivity contribution in [1.82, 2.24) is 14.5 Å². The van der Waals surface area contributed by atoms with Crippen LogP contribution >= 0.6 is 27.5 Å². The molecule has 0 unspecified atom stereocenters. The monoisotopic (exact) mass is 349 g/mol. The lowest BCUT2D eigenvalue weighted by atomic mass is 10.2. The lowest BCUT2D eigenvalue weighted by Crippen LogP contribution is -2.02. The third-order valence-corrected chi connectivity index (χ3v) is 4.62. The van der Waals surface area contributed by atoms with Crippen LogP contribution in [0.25, 0.3) is 16.9 Å². The first-order valence-electron chi connectivity index (χ1n) is 6.28. The maximum absolute atomic E-state index is 6.07. The number of aryl methyl sites for hydroxylation is 2. The third kappa shape index (κ3) is 2.03. The highest BCUT2D eigenvalue weighted by atomic mass is 79.9. The summed E-state index contributed by atoms with van der Waals surface area (Å²) in [4.78, 5) is 9.10. The zero-order valence-electron chi connectivity index (χ0n) is 11.2. The second-order valence-corrected chi connectivity index (χ2v) is 5.77. The van der Waals surface area contributed by atoms with Gasteiger partial charge in [0.05, 0.1) is 11.6 Å². The summed E-state index contributed by atoms with van der Waals surface area (Å²) < 4.78 is 3.06. The molecule has 0 N–H and O–H groups in total. The van der Waals surface area contributed by atoms with Crippen molar-refractivity contribution in [2.24, 2.45) is 0 Å². The minimum Gasteiger partial charge on any atom is -0.279 e. The second-order valence-electron chi connectivity index (χ2n) is 4.71. The molecule has 102 valence electrons. The molecule has 2 heterocycles. The topological polar surface area (TPSA) is 30.7 Å². The summed E-state index contributed by atoms with van der Waals surface area (Å²) >= 11 is 9.72. The van der Waals surface area contributed by atoms with Crippen molar-refractivity contribution < 1.29 is 0 Å². The van der Waals surface area contributed by atoms with Gasteiger partial charge < -0.3 is 0 Å². The van der Waals surface area contributed by atoms with Crippen molar-refractivity contribution in [3.8, 4) is 5.69 Å². The Morgan fingerprint density at radius 1 is 1.20 bits per heavy atom. The normalized spacial score (nSPS) is 11.2. The highest BCUT2D eigenvalue weighted by molar-refractivity contribution is 9.10. The summed E-state index contributed by atoms with van der Waals surface area (Å²) in [5.74, 6) is 1.14. The molecule has 0 saturated heterocycles. The van der Waals surface area contributed by atoms with E-state index in [0.29, 0.717) is 5.88 Å². The number of hydrogen-bond donors (Lipinski definition) is 0. The largest absolute Gasteiger partial charge is 0.279 e. The average Bonchev–Trinajstić information content (AvgIpc) is 2.82. The summed E-state index contributed by atoms with van der Waals surface area (Å²) in [6.07, 6.45) is 1.80. The quantitative estimate of drug-likeness (QED) is 0.635. The molecule has 2 aromatic heterocycles. The third-order valence-electron chi connectivity index (χ3n) is 3.35. The van der Waals surface area contributed by atoms with Crippen LogP contribution < -0.4 is 0 Å². The van der Waals surface area contributed by atoms with Gasteiger partial charge in [-0.05, 0) is 53.0 Å². The van der Waals surface area contributed by atoms with E-state index in [0.717, 1.165) is 38.3 Å². The summed E-state index contributed by atoms with van der Waals surface area (Å²) in [5.41, 5.74) is 5.02. The molecule has 20 heavy (non-hydrogen) atoms. The average molecular weight is 351 g/mol. The Morgan fingerprint density at radius 2 is 2.00 bits per heavy atom. The molecule has 3 nitrogen and oxygen atoms in total. The van der Waals surface area contributed by atoms with Gasteiger partial charge in [-0.3, -0.25) is 4.57 Å². The van der Waals surface area contributed by atoms with E-state index in [1.54, 1.807) is 6.20 Å². The molecular formula is C15H13BrClN3. The van der Waals surface area contributed by atoms with Crippen LogP contribution in [0.4, 0.5) is 0 Å². The Labute approximate surface area is 130 Å². The van der Waals surface area contributed by atoms with Crippen molar-refractivity contribution in [3.05, 3.63) is 51.9 Å². The number of benzene rings is 1. The molecule has 0 aliphatic rings. The van der Waals surface area contributed by atoms with Crippen LogP contribution in [0.3, 0.4) is 0 Å². The van der Waals surface area contributed by atoms with E-state index in [1.165, 1.54) is 0 Å². The van der Waals surface area contributed by atoms with Gasteiger partial charge in [-0.2, -0.15) is 0 Å². The van der Waals surface area contributed by atoms with Crippen molar-refractivity contribution in [1.29, 1.82) is 0 Å². The van der Waals surface area contributed by atoms with E-state index in [9.17, 15) is 0 Å². The minimum absolute atomic E-state index is 0.343. The van der Waals surface area contributed by atoms with Gasteiger partial charge >= 0.3 is 0 Å². The van der Waals surface area contributed by atoms with E-state index in [2.05, 4.69) is 38.9 Å². The molecule has 0 bridgehead atoms. The summed E-state index contributed by atoms with van der Waals surface area (Å²) in [7, 11) is 0. The molecule has 0 amide bonds. The highest BCUT2D eigenvalue weighted by Crippen LogP contribution is 2.29. The number of nitrogens with zero attached hydrogens (tertiary/aromatic N) is 3. The summed E-state index contributed by atoms with van der Waals surface area (Å²) in [6, 6.07) is 8.09. The number of alkyl halides is 1. The number of halogens is 2. The fourth-order valence-electron chi connectivity index (χ4n) is 2.29. The molecule has 0 radical (unpaired) electrons. The highest BCUT2D eigenvalue weighted by Gasteiger charge is 2.16. The van der Waals surface area contributed by atoms with Crippen molar-refractivity contribution in [3.63, 3.8) is 0 Å². The zero-order valence-corrected chi connectivity index (χ0v) is 13.5. The molecule has 0 aliphatic heterocycles. The second kappa shape index (κ2) is 5.19. The van der Waals surface area contributed by atoms with Crippen LogP contribution in [-0.4, -0.2) is 14.5 Å². The van der Waals surface area contributed by atoms with Crippen LogP contribution in [0.5, 0.6) is 0 Å². The molecule has 3 aromatic rings. The Kier molecular flexibility index (Phi) is 3.52. The van der Waals surface area contributed by atoms with Crippen molar-refractivity contribution in [2.45, 2.75) is 19.7 Å². The van der Waals surface area contributed by atoms with E-state index in [4.69, 9.17) is 11.6 Å². The predicted molar refractivity (Wildman–Crippen MR) is 85.6 cm³/mol. The lowest BCUT2D eigenvalue weighted by Gasteiger charge is -2.11. The van der Waals surface area contributed by atoms with E-state index < -0.39 is 0 Å². The SMILES string of the molecule is Cc1cccc(-n2c(CCl)nc3c(C)ccnc32)c1Br. The van der Waals surface area contributed by atoms with E-state index in [1.807, 2.05) is 29.7 Å². The molecule has 0 aliphatic carbocycles. The predicted octanol–water partition coefficient (Wildman–Crippen LogP) is 4.54. The van der Waals surface area contributed by atoms with Gasteiger partial charge in [0.1, 0.15) is 11.3 Å². The van der Waals surface area contributed by atoms with Crippen LogP contribution in [0.15, 0.2) is 34.9 Å². The molecule has 5 heteroatoms. The molecule has 0 atom stereocenters. The van der Waals surface area contributed by atoms with E-state index in [-0.39, 0.29) is 0 Å². The van der Waals surface area contributed by atoms with Gasteiger partial charge in [-0.1, -0.05) is 12.1 Å². The van der Waals surface area contributed by atoms with Crippen molar-refractivity contribution in [2.75, 3.05) is 0 Å². The standard InChI is InChI=1S/C15H13BrClN3/c1-9-4-3-5-11(13(9)16)20-12(8-17)19-14-10(2)6-7-18-15(14)20/h3-7H,8H2,1-2H3. The van der Waals surface area contributed by atoms with Gasteiger partial charge in [0, 0.05) is 10.7 Å². The Morgan fingerprint density at radius 3 is 2.75 bits per heavy atom. The fourth-order valence-corrected chi connectivity index (χ4v) is 2.91. The number of hydrogen-bond acceptors (Lipinski definition) is 2. The van der Waals surface area contributed by atoms with Crippen LogP contribution in [0.2, 0.25) is 0 Å².